The molecule has 6 atom stereocenters. The fourth-order valence-electron chi connectivity index (χ4n) is 7.74. The van der Waals surface area contributed by atoms with Crippen LogP contribution in [0.5, 0.6) is 0 Å². The van der Waals surface area contributed by atoms with Crippen LogP contribution in [0.3, 0.4) is 0 Å². The second kappa shape index (κ2) is 51.7. The third-order valence-corrected chi connectivity index (χ3v) is 12.4. The first-order valence-corrected chi connectivity index (χ1v) is 30.0. The van der Waals surface area contributed by atoms with Gasteiger partial charge in [0.15, 0.2) is 6.29 Å². The van der Waals surface area contributed by atoms with Gasteiger partial charge in [-0.2, -0.15) is 8.42 Å². The van der Waals surface area contributed by atoms with E-state index in [1.165, 1.54) is 32.1 Å². The highest BCUT2D eigenvalue weighted by molar-refractivity contribution is 7.80. The van der Waals surface area contributed by atoms with E-state index in [-0.39, 0.29) is 19.6 Å². The van der Waals surface area contributed by atoms with Crippen molar-refractivity contribution in [1.82, 2.24) is 0 Å². The lowest BCUT2D eigenvalue weighted by molar-refractivity contribution is -0.301. The molecule has 1 rings (SSSR count). The van der Waals surface area contributed by atoms with Crippen molar-refractivity contribution in [2.45, 2.75) is 218 Å². The number of unbranched alkanes of at least 4 members (excludes halogenated alkanes) is 11. The molecule has 0 aromatic carbocycles. The molecule has 0 saturated carbocycles. The molecule has 0 spiro atoms. The Bertz CT molecular complexity index is 1870. The van der Waals surface area contributed by atoms with Gasteiger partial charge >= 0.3 is 16.4 Å². The molecular weight excluding hydrogens is 981 g/mol. The van der Waals surface area contributed by atoms with Crippen LogP contribution in [0.2, 0.25) is 0 Å². The molecular formula is C63H100O12S. The number of carbonyl (C=O) groups excluding carboxylic acids is 1. The molecule has 430 valence electrons. The van der Waals surface area contributed by atoms with Gasteiger partial charge in [0.05, 0.1) is 19.8 Å². The Balaban J connectivity index is 2.37. The molecule has 13 heteroatoms. The number of hydrogen-bond donors (Lipinski definition) is 4. The molecule has 12 nitrogen and oxygen atoms in total. The van der Waals surface area contributed by atoms with Crippen molar-refractivity contribution in [3.8, 4) is 0 Å². The summed E-state index contributed by atoms with van der Waals surface area (Å²) in [6.07, 6.45) is 68.8. The maximum absolute atomic E-state index is 13.0. The molecule has 0 bridgehead atoms. The van der Waals surface area contributed by atoms with Crippen molar-refractivity contribution in [3.05, 3.63) is 146 Å². The second-order valence-electron chi connectivity index (χ2n) is 18.8. The van der Waals surface area contributed by atoms with Gasteiger partial charge in [-0.15, -0.1) is 0 Å². The van der Waals surface area contributed by atoms with E-state index < -0.39 is 59.8 Å². The van der Waals surface area contributed by atoms with Crippen LogP contribution in [-0.2, 0) is 38.3 Å². The second-order valence-corrected chi connectivity index (χ2v) is 19.8. The van der Waals surface area contributed by atoms with E-state index >= 15 is 0 Å². The lowest BCUT2D eigenvalue weighted by atomic mass is 9.99. The molecule has 0 radical (unpaired) electrons. The highest BCUT2D eigenvalue weighted by Crippen LogP contribution is 2.26. The van der Waals surface area contributed by atoms with Crippen molar-refractivity contribution in [2.75, 3.05) is 26.4 Å². The fourth-order valence-corrected chi connectivity index (χ4v) is 8.25. The minimum absolute atomic E-state index is 0.00754. The maximum Gasteiger partial charge on any atom is 0.397 e. The van der Waals surface area contributed by atoms with Crippen LogP contribution in [0, 0.1) is 0 Å². The zero-order valence-electron chi connectivity index (χ0n) is 46.5. The van der Waals surface area contributed by atoms with E-state index in [0.717, 1.165) is 122 Å². The number of aliphatic hydroxyl groups is 3. The molecule has 1 saturated heterocycles. The van der Waals surface area contributed by atoms with E-state index in [1.54, 1.807) is 0 Å². The smallest absolute Gasteiger partial charge is 0.397 e. The zero-order valence-corrected chi connectivity index (χ0v) is 47.3. The van der Waals surface area contributed by atoms with Crippen LogP contribution >= 0.6 is 0 Å². The monoisotopic (exact) mass is 1080 g/mol. The Labute approximate surface area is 460 Å². The summed E-state index contributed by atoms with van der Waals surface area (Å²) < 4.78 is 59.4. The van der Waals surface area contributed by atoms with Gasteiger partial charge in [-0.05, 0) is 116 Å². The summed E-state index contributed by atoms with van der Waals surface area (Å²) in [4.78, 5) is 13.0. The van der Waals surface area contributed by atoms with Crippen molar-refractivity contribution in [2.24, 2.45) is 0 Å². The molecule has 0 aromatic rings. The highest BCUT2D eigenvalue weighted by Gasteiger charge is 2.48. The summed E-state index contributed by atoms with van der Waals surface area (Å²) in [5.74, 6) is -0.428. The molecule has 0 aliphatic carbocycles. The lowest BCUT2D eigenvalue weighted by Crippen LogP contribution is -2.60. The summed E-state index contributed by atoms with van der Waals surface area (Å²) in [5, 5.41) is 30.8. The third kappa shape index (κ3) is 44.0. The number of carbonyl (C=O) groups is 1. The molecule has 1 aliphatic rings. The minimum Gasteiger partial charge on any atom is -0.457 e. The van der Waals surface area contributed by atoms with Crippen LogP contribution in [0.4, 0.5) is 0 Å². The Kier molecular flexibility index (Phi) is 47.6. The molecule has 1 heterocycles. The average molecular weight is 1080 g/mol. The number of allylic oxidation sites excluding steroid dienone is 24. The SMILES string of the molecule is CC/C=C\C/C=C\C/C=C\C/C=C\C/C=C\C/C=C\C/C=C\CCCCOCC(COC1OC(CO)C(O)C(OS(=O)(=O)O)C1O)OC(=O)CCCCCCCCCCC/C=C\C/C=C\C/C=C\C/C=C\C/C=C\CC. The average Bonchev–Trinajstić information content (AvgIpc) is 3.40. The number of ether oxygens (including phenoxy) is 4. The number of aliphatic hydroxyl groups excluding tert-OH is 3. The van der Waals surface area contributed by atoms with Gasteiger partial charge in [-0.1, -0.05) is 205 Å². The van der Waals surface area contributed by atoms with Crippen LogP contribution < -0.4 is 0 Å². The standard InChI is InChI=1S/C63H100O12S/c1-3-5-7-9-11-13-15-17-19-21-23-25-27-29-30-32-34-36-38-40-42-44-46-48-50-52-59(65)73-57(56-72-63-61(67)62(75-76(68,69)70)60(66)58(54-64)74-63)55-71-53-51-49-47-45-43-41-39-37-35-33-31-28-26-24-22-20-18-16-14-12-10-8-6-4-2/h5-8,11-14,17-20,23-26,29-31,33,37,39,43,45,57-58,60-64,66-67H,3-4,9-10,15-16,21-22,27-28,32,34-36,38,40-42,44,46-56H2,1-2H3,(H,68,69,70)/b7-5-,8-6-,13-11-,14-12-,19-17-,20-18-,25-23-,26-24-,30-29-,33-31-,39-37-,45-43-. The van der Waals surface area contributed by atoms with Crippen molar-refractivity contribution in [1.29, 1.82) is 0 Å². The predicted octanol–water partition coefficient (Wildman–Crippen LogP) is 14.4. The quantitative estimate of drug-likeness (QED) is 0.0196. The van der Waals surface area contributed by atoms with Crippen LogP contribution in [-0.4, -0.2) is 97.5 Å². The number of esters is 1. The van der Waals surface area contributed by atoms with Crippen LogP contribution in [0.15, 0.2) is 146 Å². The zero-order chi connectivity index (χ0) is 55.3. The Morgan fingerprint density at radius 3 is 1.26 bits per heavy atom. The van der Waals surface area contributed by atoms with Crippen molar-refractivity contribution < 1.29 is 56.2 Å². The summed E-state index contributed by atoms with van der Waals surface area (Å²) in [6.45, 7) is 3.63. The maximum atomic E-state index is 13.0. The molecule has 6 unspecified atom stereocenters. The van der Waals surface area contributed by atoms with Gasteiger partial charge in [-0.3, -0.25) is 9.35 Å². The van der Waals surface area contributed by atoms with Gasteiger partial charge in [-0.25, -0.2) is 4.18 Å². The molecule has 4 N–H and O–H groups in total. The van der Waals surface area contributed by atoms with Gasteiger partial charge in [0.2, 0.25) is 0 Å². The number of hydrogen-bond acceptors (Lipinski definition) is 11. The molecule has 0 aromatic heterocycles. The minimum atomic E-state index is -5.09. The summed E-state index contributed by atoms with van der Waals surface area (Å²) >= 11 is 0. The van der Waals surface area contributed by atoms with Crippen molar-refractivity contribution in [3.63, 3.8) is 0 Å². The predicted molar refractivity (Wildman–Crippen MR) is 312 cm³/mol. The highest BCUT2D eigenvalue weighted by atomic mass is 32.3. The van der Waals surface area contributed by atoms with Crippen LogP contribution in [0.1, 0.15) is 181 Å². The Morgan fingerprint density at radius 2 is 0.868 bits per heavy atom. The van der Waals surface area contributed by atoms with E-state index in [9.17, 15) is 33.1 Å². The van der Waals surface area contributed by atoms with Gasteiger partial charge in [0, 0.05) is 13.0 Å². The fraction of sp³-hybridized carbons (Fsp3) is 0.603. The van der Waals surface area contributed by atoms with Gasteiger partial charge < -0.3 is 34.3 Å². The third-order valence-electron chi connectivity index (χ3n) is 12.0. The van der Waals surface area contributed by atoms with E-state index in [4.69, 9.17) is 18.9 Å². The largest absolute Gasteiger partial charge is 0.457 e. The van der Waals surface area contributed by atoms with Gasteiger partial charge in [0.1, 0.15) is 30.5 Å². The summed E-state index contributed by atoms with van der Waals surface area (Å²) in [5.41, 5.74) is 0. The first-order valence-electron chi connectivity index (χ1n) is 28.6. The summed E-state index contributed by atoms with van der Waals surface area (Å²) in [6, 6.07) is 0. The van der Waals surface area contributed by atoms with E-state index in [2.05, 4.69) is 164 Å². The normalized spacial score (nSPS) is 19.7. The van der Waals surface area contributed by atoms with Crippen LogP contribution in [0.25, 0.3) is 0 Å². The number of rotatable bonds is 48. The summed E-state index contributed by atoms with van der Waals surface area (Å²) in [7, 11) is -5.09. The van der Waals surface area contributed by atoms with Crippen molar-refractivity contribution >= 4 is 16.4 Å². The first kappa shape index (κ1) is 70.0. The Morgan fingerprint density at radius 1 is 0.500 bits per heavy atom. The molecule has 76 heavy (non-hydrogen) atoms. The van der Waals surface area contributed by atoms with E-state index in [0.29, 0.717) is 13.0 Å². The van der Waals surface area contributed by atoms with E-state index in [1.807, 2.05) is 0 Å². The van der Waals surface area contributed by atoms with Gasteiger partial charge in [0.25, 0.3) is 0 Å². The molecule has 0 amide bonds. The molecule has 1 fully saturated rings. The first-order chi connectivity index (χ1) is 37.1. The lowest BCUT2D eigenvalue weighted by Gasteiger charge is -2.41. The molecule has 1 aliphatic heterocycles. The topological polar surface area (TPSA) is 178 Å². The Hall–Kier alpha value is -4.02.